The van der Waals surface area contributed by atoms with Gasteiger partial charge in [-0.2, -0.15) is 0 Å². The molecule has 20 heavy (non-hydrogen) atoms. The average molecular weight is 279 g/mol. The Balaban J connectivity index is 2.54. The Kier molecular flexibility index (Phi) is 6.03. The van der Waals surface area contributed by atoms with Crippen LogP contribution in [0, 0.1) is 0 Å². The van der Waals surface area contributed by atoms with Crippen molar-refractivity contribution in [1.29, 1.82) is 0 Å². The van der Waals surface area contributed by atoms with Crippen molar-refractivity contribution < 1.29 is 19.8 Å². The van der Waals surface area contributed by atoms with Gasteiger partial charge in [0.15, 0.2) is 0 Å². The maximum atomic E-state index is 11.9. The molecule has 0 aliphatic heterocycles. The molecule has 3 N–H and O–H groups in total. The van der Waals surface area contributed by atoms with Crippen LogP contribution in [0.25, 0.3) is 0 Å². The predicted octanol–water partition coefficient (Wildman–Crippen LogP) is 2.50. The van der Waals surface area contributed by atoms with Crippen LogP contribution in [-0.4, -0.2) is 28.6 Å². The highest BCUT2D eigenvalue weighted by Gasteiger charge is 2.12. The van der Waals surface area contributed by atoms with Gasteiger partial charge in [-0.25, -0.2) is 0 Å². The summed E-state index contributed by atoms with van der Waals surface area (Å²) in [6.07, 6.45) is 1.22. The molecule has 1 amide bonds. The molecule has 0 saturated heterocycles. The number of unbranched alkanes of at least 4 members (excludes halogenated alkanes) is 1. The molecule has 0 atom stereocenters. The minimum absolute atomic E-state index is 0.0440. The van der Waals surface area contributed by atoms with Gasteiger partial charge in [0, 0.05) is 13.0 Å². The van der Waals surface area contributed by atoms with Gasteiger partial charge in [-0.05, 0) is 36.5 Å². The molecule has 0 aliphatic carbocycles. The molecule has 0 aromatic heterocycles. The third kappa shape index (κ3) is 4.91. The normalized spacial score (nSPS) is 10.6. The van der Waals surface area contributed by atoms with E-state index < -0.39 is 5.97 Å². The Labute approximate surface area is 118 Å². The first-order valence-corrected chi connectivity index (χ1v) is 6.74. The van der Waals surface area contributed by atoms with Gasteiger partial charge in [0.25, 0.3) is 5.91 Å². The number of carbonyl (C=O) groups excluding carboxylic acids is 1. The fraction of sp³-hybridized carbons (Fsp3) is 0.467. The summed E-state index contributed by atoms with van der Waals surface area (Å²) < 4.78 is 0. The molecule has 1 aromatic carbocycles. The van der Waals surface area contributed by atoms with Crippen LogP contribution < -0.4 is 5.32 Å². The van der Waals surface area contributed by atoms with E-state index in [0.29, 0.717) is 19.4 Å². The molecule has 0 spiro atoms. The molecule has 0 unspecified atom stereocenters. The Bertz CT molecular complexity index is 483. The van der Waals surface area contributed by atoms with E-state index in [1.807, 2.05) is 13.8 Å². The van der Waals surface area contributed by atoms with Gasteiger partial charge < -0.3 is 15.5 Å². The fourth-order valence-corrected chi connectivity index (χ4v) is 1.79. The first-order valence-electron chi connectivity index (χ1n) is 6.74. The second-order valence-electron chi connectivity index (χ2n) is 5.04. The zero-order chi connectivity index (χ0) is 15.1. The van der Waals surface area contributed by atoms with Gasteiger partial charge in [0.2, 0.25) is 0 Å². The topological polar surface area (TPSA) is 86.6 Å². The number of aliphatic carboxylic acids is 1. The number of carbonyl (C=O) groups is 2. The van der Waals surface area contributed by atoms with E-state index in [4.69, 9.17) is 5.11 Å². The number of amides is 1. The molecule has 0 radical (unpaired) electrons. The number of aromatic hydroxyl groups is 1. The molecule has 0 heterocycles. The van der Waals surface area contributed by atoms with Crippen molar-refractivity contribution in [2.45, 2.75) is 39.0 Å². The highest BCUT2D eigenvalue weighted by atomic mass is 16.4. The molecule has 1 rings (SSSR count). The summed E-state index contributed by atoms with van der Waals surface area (Å²) in [6.45, 7) is 4.43. The minimum Gasteiger partial charge on any atom is -0.507 e. The number of hydrogen-bond acceptors (Lipinski definition) is 3. The van der Waals surface area contributed by atoms with Gasteiger partial charge in [-0.15, -0.1) is 0 Å². The monoisotopic (exact) mass is 279 g/mol. The minimum atomic E-state index is -0.835. The smallest absolute Gasteiger partial charge is 0.303 e. The van der Waals surface area contributed by atoms with E-state index >= 15 is 0 Å². The number of hydrogen-bond donors (Lipinski definition) is 3. The number of benzene rings is 1. The van der Waals surface area contributed by atoms with Gasteiger partial charge in [-0.1, -0.05) is 19.9 Å². The summed E-state index contributed by atoms with van der Waals surface area (Å²) in [7, 11) is 0. The van der Waals surface area contributed by atoms with E-state index in [2.05, 4.69) is 5.32 Å². The van der Waals surface area contributed by atoms with Crippen LogP contribution in [0.1, 0.15) is 54.9 Å². The summed E-state index contributed by atoms with van der Waals surface area (Å²) in [5.41, 5.74) is 1.24. The van der Waals surface area contributed by atoms with Crippen LogP contribution in [0.3, 0.4) is 0 Å². The van der Waals surface area contributed by atoms with E-state index in [9.17, 15) is 14.7 Å². The van der Waals surface area contributed by atoms with Gasteiger partial charge in [-0.3, -0.25) is 9.59 Å². The summed E-state index contributed by atoms with van der Waals surface area (Å²) in [6, 6.07) is 5.00. The Morgan fingerprint density at radius 2 is 1.95 bits per heavy atom. The molecule has 0 aliphatic rings. The molecule has 0 bridgehead atoms. The van der Waals surface area contributed by atoms with Crippen molar-refractivity contribution in [3.05, 3.63) is 29.3 Å². The van der Waals surface area contributed by atoms with Gasteiger partial charge in [0.05, 0.1) is 5.56 Å². The second-order valence-corrected chi connectivity index (χ2v) is 5.04. The third-order valence-electron chi connectivity index (χ3n) is 3.03. The van der Waals surface area contributed by atoms with Crippen molar-refractivity contribution >= 4 is 11.9 Å². The number of phenols is 1. The summed E-state index contributed by atoms with van der Waals surface area (Å²) in [5, 5.41) is 20.9. The van der Waals surface area contributed by atoms with Crippen LogP contribution in [0.2, 0.25) is 0 Å². The van der Waals surface area contributed by atoms with Crippen LogP contribution in [0.15, 0.2) is 18.2 Å². The number of nitrogens with one attached hydrogen (secondary N) is 1. The molecule has 1 aromatic rings. The molecular formula is C15H21NO4. The lowest BCUT2D eigenvalue weighted by Crippen LogP contribution is -2.24. The summed E-state index contributed by atoms with van der Waals surface area (Å²) in [5.74, 6) is -0.936. The lowest BCUT2D eigenvalue weighted by Gasteiger charge is -2.10. The summed E-state index contributed by atoms with van der Waals surface area (Å²) >= 11 is 0. The Hall–Kier alpha value is -2.04. The van der Waals surface area contributed by atoms with Crippen molar-refractivity contribution in [3.63, 3.8) is 0 Å². The molecule has 0 saturated carbocycles. The molecule has 5 nitrogen and oxygen atoms in total. The first-order chi connectivity index (χ1) is 9.41. The van der Waals surface area contributed by atoms with E-state index in [1.54, 1.807) is 12.1 Å². The van der Waals surface area contributed by atoms with Crippen LogP contribution in [-0.2, 0) is 4.79 Å². The third-order valence-corrected chi connectivity index (χ3v) is 3.03. The Morgan fingerprint density at radius 3 is 2.55 bits per heavy atom. The highest BCUT2D eigenvalue weighted by Crippen LogP contribution is 2.23. The quantitative estimate of drug-likeness (QED) is 0.669. The molecule has 5 heteroatoms. The largest absolute Gasteiger partial charge is 0.507 e. The van der Waals surface area contributed by atoms with Crippen molar-refractivity contribution in [2.24, 2.45) is 0 Å². The summed E-state index contributed by atoms with van der Waals surface area (Å²) in [4.78, 5) is 22.3. The fourth-order valence-electron chi connectivity index (χ4n) is 1.79. The van der Waals surface area contributed by atoms with E-state index in [1.165, 1.54) is 6.07 Å². The van der Waals surface area contributed by atoms with Crippen LogP contribution in [0.4, 0.5) is 0 Å². The van der Waals surface area contributed by atoms with Crippen LogP contribution >= 0.6 is 0 Å². The van der Waals surface area contributed by atoms with E-state index in [0.717, 1.165) is 5.56 Å². The number of carboxylic acids is 1. The van der Waals surface area contributed by atoms with Crippen LogP contribution in [0.5, 0.6) is 5.75 Å². The SMILES string of the molecule is CC(C)c1ccc(O)c(C(=O)NCCCCC(=O)O)c1. The molecular weight excluding hydrogens is 258 g/mol. The lowest BCUT2D eigenvalue weighted by molar-refractivity contribution is -0.137. The van der Waals surface area contributed by atoms with Gasteiger partial charge in [0.1, 0.15) is 5.75 Å². The van der Waals surface area contributed by atoms with Crippen molar-refractivity contribution in [3.8, 4) is 5.75 Å². The van der Waals surface area contributed by atoms with Crippen molar-refractivity contribution in [1.82, 2.24) is 5.32 Å². The zero-order valence-corrected chi connectivity index (χ0v) is 11.8. The average Bonchev–Trinajstić information content (AvgIpc) is 2.37. The molecule has 110 valence electrons. The van der Waals surface area contributed by atoms with E-state index in [-0.39, 0.29) is 29.6 Å². The first kappa shape index (κ1) is 16.0. The molecule has 0 fully saturated rings. The van der Waals surface area contributed by atoms with Gasteiger partial charge >= 0.3 is 5.97 Å². The zero-order valence-electron chi connectivity index (χ0n) is 11.8. The number of phenolic OH excluding ortho intramolecular Hbond substituents is 1. The Morgan fingerprint density at radius 1 is 1.25 bits per heavy atom. The maximum Gasteiger partial charge on any atom is 0.303 e. The standard InChI is InChI=1S/C15H21NO4/c1-10(2)11-6-7-13(17)12(9-11)15(20)16-8-4-3-5-14(18)19/h6-7,9-10,17H,3-5,8H2,1-2H3,(H,16,20)(H,18,19). The maximum absolute atomic E-state index is 11.9. The second kappa shape index (κ2) is 7.53. The number of rotatable bonds is 7. The van der Waals surface area contributed by atoms with Crippen molar-refractivity contribution in [2.75, 3.05) is 6.54 Å². The lowest BCUT2D eigenvalue weighted by atomic mass is 10.00. The highest BCUT2D eigenvalue weighted by molar-refractivity contribution is 5.97. The predicted molar refractivity (Wildman–Crippen MR) is 76.0 cm³/mol. The number of carboxylic acid groups (broad SMARTS) is 1.